The van der Waals surface area contributed by atoms with Crippen molar-refractivity contribution in [3.8, 4) is 0 Å². The number of alkyl halides is 1. The molecule has 0 saturated heterocycles. The summed E-state index contributed by atoms with van der Waals surface area (Å²) in [4.78, 5) is 0.446. The molecule has 0 bridgehead atoms. The summed E-state index contributed by atoms with van der Waals surface area (Å²) in [5.41, 5.74) is 1.35. The summed E-state index contributed by atoms with van der Waals surface area (Å²) < 4.78 is 2.09. The quantitative estimate of drug-likeness (QED) is 0.421. The maximum atomic E-state index is 3.74. The summed E-state index contributed by atoms with van der Waals surface area (Å²) in [7, 11) is 0. The topological polar surface area (TPSA) is 0 Å². The number of allylic oxidation sites excluding steroid dienone is 2. The molecule has 58 valence electrons. The lowest BCUT2D eigenvalue weighted by atomic mass is 10.0. The lowest BCUT2D eigenvalue weighted by Gasteiger charge is -2.13. The van der Waals surface area contributed by atoms with Crippen molar-refractivity contribution in [2.24, 2.45) is 5.92 Å². The number of hydrogen-bond acceptors (Lipinski definition) is 0. The van der Waals surface area contributed by atoms with Gasteiger partial charge in [0.1, 0.15) is 0 Å². The van der Waals surface area contributed by atoms with Gasteiger partial charge in [0.25, 0.3) is 0 Å². The van der Waals surface area contributed by atoms with Gasteiger partial charge in [-0.05, 0) is 16.9 Å². The molecule has 0 N–H and O–H groups in total. The Labute approximate surface area is 85.0 Å². The van der Waals surface area contributed by atoms with Gasteiger partial charge < -0.3 is 0 Å². The first-order valence-electron chi connectivity index (χ1n) is 3.17. The van der Waals surface area contributed by atoms with Gasteiger partial charge in [0.2, 0.25) is 0 Å². The van der Waals surface area contributed by atoms with E-state index in [1.807, 2.05) is 6.08 Å². The first kappa shape index (κ1) is 10.7. The summed E-state index contributed by atoms with van der Waals surface area (Å²) in [6, 6.07) is 0. The molecule has 0 amide bonds. The minimum Gasteiger partial charge on any atom is -0.103 e. The van der Waals surface area contributed by atoms with E-state index in [4.69, 9.17) is 0 Å². The van der Waals surface area contributed by atoms with E-state index in [2.05, 4.69) is 63.0 Å². The third-order valence-electron chi connectivity index (χ3n) is 1.44. The second kappa shape index (κ2) is 5.35. The molecule has 0 aromatic rings. The van der Waals surface area contributed by atoms with Gasteiger partial charge in [-0.15, -0.1) is 6.58 Å². The highest BCUT2D eigenvalue weighted by atomic mass is 127. The molecule has 0 aliphatic heterocycles. The van der Waals surface area contributed by atoms with E-state index in [1.165, 1.54) is 5.57 Å². The third kappa shape index (κ3) is 3.19. The van der Waals surface area contributed by atoms with Crippen molar-refractivity contribution in [3.63, 3.8) is 0 Å². The average molecular weight is 315 g/mol. The Morgan fingerprint density at radius 1 is 1.70 bits per heavy atom. The van der Waals surface area contributed by atoms with Crippen LogP contribution >= 0.6 is 38.5 Å². The van der Waals surface area contributed by atoms with Gasteiger partial charge in [0, 0.05) is 4.83 Å². The average Bonchev–Trinajstić information content (AvgIpc) is 2.00. The Kier molecular flexibility index (Phi) is 5.72. The van der Waals surface area contributed by atoms with Crippen molar-refractivity contribution in [2.45, 2.75) is 18.7 Å². The molecule has 0 fully saturated rings. The van der Waals surface area contributed by atoms with E-state index in [1.54, 1.807) is 0 Å². The van der Waals surface area contributed by atoms with Crippen molar-refractivity contribution in [3.05, 3.63) is 22.3 Å². The second-order valence-electron chi connectivity index (χ2n) is 2.35. The van der Waals surface area contributed by atoms with E-state index in [0.717, 1.165) is 0 Å². The Morgan fingerprint density at radius 3 is 2.50 bits per heavy atom. The molecule has 0 rings (SSSR count). The summed E-state index contributed by atoms with van der Waals surface area (Å²) >= 11 is 5.84. The molecule has 0 saturated carbocycles. The number of rotatable bonds is 3. The summed E-state index contributed by atoms with van der Waals surface area (Å²) in [6.07, 6.45) is 1.96. The van der Waals surface area contributed by atoms with Gasteiger partial charge in [-0.2, -0.15) is 0 Å². The highest BCUT2D eigenvalue weighted by Gasteiger charge is 2.10. The van der Waals surface area contributed by atoms with E-state index in [0.29, 0.717) is 10.7 Å². The Morgan fingerprint density at radius 2 is 2.20 bits per heavy atom. The van der Waals surface area contributed by atoms with Crippen LogP contribution < -0.4 is 0 Å². The minimum absolute atomic E-state index is 0.446. The monoisotopic (exact) mass is 314 g/mol. The Hall–Kier alpha value is 0.690. The smallest absolute Gasteiger partial charge is 0.0419 e. The van der Waals surface area contributed by atoms with Crippen LogP contribution in [0.3, 0.4) is 0 Å². The zero-order chi connectivity index (χ0) is 8.15. The van der Waals surface area contributed by atoms with Crippen LogP contribution in [0.5, 0.6) is 0 Å². The molecule has 2 atom stereocenters. The molecule has 0 aliphatic carbocycles. The molecular weight excluding hydrogens is 303 g/mol. The summed E-state index contributed by atoms with van der Waals surface area (Å²) in [5.74, 6) is 0.506. The lowest BCUT2D eigenvalue weighted by Crippen LogP contribution is -2.08. The van der Waals surface area contributed by atoms with Crippen LogP contribution in [0.2, 0.25) is 0 Å². The lowest BCUT2D eigenvalue weighted by molar-refractivity contribution is 0.747. The van der Waals surface area contributed by atoms with Gasteiger partial charge in [-0.1, -0.05) is 57.1 Å². The van der Waals surface area contributed by atoms with Crippen LogP contribution in [0.4, 0.5) is 0 Å². The minimum atomic E-state index is 0.446. The van der Waals surface area contributed by atoms with Gasteiger partial charge >= 0.3 is 0 Å². The molecule has 0 spiro atoms. The van der Waals surface area contributed by atoms with Crippen LogP contribution in [0.15, 0.2) is 22.3 Å². The zero-order valence-electron chi connectivity index (χ0n) is 6.27. The second-order valence-corrected chi connectivity index (χ2v) is 3.96. The molecule has 0 nitrogen and oxygen atoms in total. The van der Waals surface area contributed by atoms with Crippen molar-refractivity contribution in [1.82, 2.24) is 0 Å². The van der Waals surface area contributed by atoms with Crippen LogP contribution in [0.25, 0.3) is 0 Å². The van der Waals surface area contributed by atoms with Crippen LogP contribution in [-0.2, 0) is 0 Å². The van der Waals surface area contributed by atoms with Gasteiger partial charge in [0.05, 0.1) is 0 Å². The number of halogens is 2. The molecule has 0 aliphatic rings. The van der Waals surface area contributed by atoms with E-state index in [-0.39, 0.29) is 0 Å². The first-order chi connectivity index (χ1) is 4.63. The fourth-order valence-electron chi connectivity index (χ4n) is 0.594. The van der Waals surface area contributed by atoms with Crippen molar-refractivity contribution in [1.29, 1.82) is 0 Å². The Bertz CT molecular complexity index is 140. The standard InChI is InChI=1S/C8H12BrI/c1-4-6(2)8(9)7(3)5-10/h4-6,8H,1H2,2-3H3/b7-5+/t6-,8+/m0/s1. The summed E-state index contributed by atoms with van der Waals surface area (Å²) in [6.45, 7) is 8.00. The van der Waals surface area contributed by atoms with Crippen LogP contribution in [0.1, 0.15) is 13.8 Å². The van der Waals surface area contributed by atoms with Gasteiger partial charge in [0.15, 0.2) is 0 Å². The molecule has 0 radical (unpaired) electrons. The Balaban J connectivity index is 4.06. The molecule has 0 aromatic heterocycles. The fraction of sp³-hybridized carbons (Fsp3) is 0.500. The van der Waals surface area contributed by atoms with Crippen LogP contribution in [0, 0.1) is 5.92 Å². The molecule has 2 heteroatoms. The predicted molar refractivity (Wildman–Crippen MR) is 59.9 cm³/mol. The number of hydrogen-bond donors (Lipinski definition) is 0. The van der Waals surface area contributed by atoms with E-state index in [9.17, 15) is 0 Å². The molecule has 0 aromatic carbocycles. The maximum Gasteiger partial charge on any atom is 0.0419 e. The SMILES string of the molecule is C=C[C@H](C)[C@@H](Br)/C(C)=C/I. The first-order valence-corrected chi connectivity index (χ1v) is 5.33. The van der Waals surface area contributed by atoms with E-state index >= 15 is 0 Å². The third-order valence-corrected chi connectivity index (χ3v) is 3.98. The van der Waals surface area contributed by atoms with Gasteiger partial charge in [-0.25, -0.2) is 0 Å². The van der Waals surface area contributed by atoms with E-state index < -0.39 is 0 Å². The molecule has 0 heterocycles. The molecule has 0 unspecified atom stereocenters. The molecular formula is C8H12BrI. The summed E-state index contributed by atoms with van der Waals surface area (Å²) in [5, 5.41) is 0. The fourth-order valence-corrected chi connectivity index (χ4v) is 1.82. The van der Waals surface area contributed by atoms with Gasteiger partial charge in [-0.3, -0.25) is 0 Å². The van der Waals surface area contributed by atoms with Crippen LogP contribution in [-0.4, -0.2) is 4.83 Å². The largest absolute Gasteiger partial charge is 0.103 e. The highest BCUT2D eigenvalue weighted by Crippen LogP contribution is 2.22. The predicted octanol–water partition coefficient (Wildman–Crippen LogP) is 3.91. The van der Waals surface area contributed by atoms with Crippen molar-refractivity contribution < 1.29 is 0 Å². The maximum absolute atomic E-state index is 3.74. The van der Waals surface area contributed by atoms with Crippen molar-refractivity contribution in [2.75, 3.05) is 0 Å². The normalized spacial score (nSPS) is 18.2. The van der Waals surface area contributed by atoms with Crippen molar-refractivity contribution >= 4 is 38.5 Å². The molecule has 10 heavy (non-hydrogen) atoms. The zero-order valence-corrected chi connectivity index (χ0v) is 10.0. The highest BCUT2D eigenvalue weighted by molar-refractivity contribution is 14.1.